The van der Waals surface area contributed by atoms with Crippen LogP contribution in [0.2, 0.25) is 0 Å². The summed E-state index contributed by atoms with van der Waals surface area (Å²) in [6, 6.07) is 15.0. The smallest absolute Gasteiger partial charge is 0.262 e. The van der Waals surface area contributed by atoms with E-state index < -0.39 is 0 Å². The van der Waals surface area contributed by atoms with E-state index in [9.17, 15) is 4.79 Å². The van der Waals surface area contributed by atoms with Crippen molar-refractivity contribution in [3.05, 3.63) is 54.1 Å². The fourth-order valence-electron chi connectivity index (χ4n) is 2.39. The number of amides is 1. The minimum Gasteiger partial charge on any atom is -0.492 e. The fourth-order valence-corrected chi connectivity index (χ4v) is 2.39. The van der Waals surface area contributed by atoms with Crippen LogP contribution in [0.15, 0.2) is 48.5 Å². The van der Waals surface area contributed by atoms with Crippen molar-refractivity contribution >= 4 is 11.6 Å². The Hall–Kier alpha value is -2.53. The second-order valence-corrected chi connectivity index (χ2v) is 5.85. The van der Waals surface area contributed by atoms with Crippen LogP contribution >= 0.6 is 0 Å². The van der Waals surface area contributed by atoms with Gasteiger partial charge in [-0.1, -0.05) is 32.0 Å². The lowest BCUT2D eigenvalue weighted by molar-refractivity contribution is -0.118. The third-order valence-electron chi connectivity index (χ3n) is 3.95. The second kappa shape index (κ2) is 9.69. The van der Waals surface area contributed by atoms with Gasteiger partial charge in [0.15, 0.2) is 6.61 Å². The summed E-state index contributed by atoms with van der Waals surface area (Å²) in [5.74, 6) is 1.68. The minimum absolute atomic E-state index is 0.0289. The van der Waals surface area contributed by atoms with Crippen LogP contribution in [0.5, 0.6) is 11.5 Å². The molecule has 2 aromatic carbocycles. The van der Waals surface area contributed by atoms with Crippen molar-refractivity contribution in [2.24, 2.45) is 5.73 Å². The summed E-state index contributed by atoms with van der Waals surface area (Å²) in [5.41, 5.74) is 7.22. The van der Waals surface area contributed by atoms with Crippen LogP contribution < -0.4 is 20.5 Å². The van der Waals surface area contributed by atoms with E-state index in [2.05, 4.69) is 19.2 Å². The highest BCUT2D eigenvalue weighted by atomic mass is 16.5. The number of carbonyl (C=O) groups is 1. The highest BCUT2D eigenvalue weighted by Crippen LogP contribution is 2.28. The lowest BCUT2D eigenvalue weighted by Crippen LogP contribution is -2.20. The van der Waals surface area contributed by atoms with Gasteiger partial charge in [0.05, 0.1) is 0 Å². The molecule has 0 fully saturated rings. The maximum atomic E-state index is 12.1. The van der Waals surface area contributed by atoms with Gasteiger partial charge in [-0.3, -0.25) is 4.79 Å². The molecule has 0 aliphatic carbocycles. The first-order chi connectivity index (χ1) is 12.1. The van der Waals surface area contributed by atoms with Crippen molar-refractivity contribution in [1.29, 1.82) is 0 Å². The number of rotatable bonds is 9. The molecule has 0 aliphatic rings. The van der Waals surface area contributed by atoms with Crippen LogP contribution in [0, 0.1) is 0 Å². The molecule has 134 valence electrons. The van der Waals surface area contributed by atoms with Crippen LogP contribution in [0.25, 0.3) is 0 Å². The molecule has 2 rings (SSSR count). The topological polar surface area (TPSA) is 73.6 Å². The molecule has 0 aromatic heterocycles. The number of nitrogens with two attached hydrogens (primary N) is 1. The summed E-state index contributed by atoms with van der Waals surface area (Å²) < 4.78 is 11.1. The van der Waals surface area contributed by atoms with Gasteiger partial charge >= 0.3 is 0 Å². The lowest BCUT2D eigenvalue weighted by atomic mass is 9.98. The molecule has 0 saturated carbocycles. The summed E-state index contributed by atoms with van der Waals surface area (Å²) in [5, 5.41) is 2.81. The Morgan fingerprint density at radius 2 is 1.84 bits per heavy atom. The number of nitrogens with one attached hydrogen (secondary N) is 1. The Balaban J connectivity index is 1.89. The molecule has 1 amide bonds. The Labute approximate surface area is 149 Å². The van der Waals surface area contributed by atoms with Crippen LogP contribution in [-0.2, 0) is 4.79 Å². The summed E-state index contributed by atoms with van der Waals surface area (Å²) in [6.45, 7) is 5.19. The van der Waals surface area contributed by atoms with E-state index in [1.807, 2.05) is 24.3 Å². The number of ether oxygens (including phenoxy) is 2. The average molecular weight is 342 g/mol. The summed E-state index contributed by atoms with van der Waals surface area (Å²) >= 11 is 0. The number of para-hydroxylation sites is 1. The van der Waals surface area contributed by atoms with Gasteiger partial charge in [-0.15, -0.1) is 0 Å². The maximum absolute atomic E-state index is 12.1. The van der Waals surface area contributed by atoms with Crippen molar-refractivity contribution in [3.63, 3.8) is 0 Å². The molecule has 25 heavy (non-hydrogen) atoms. The molecule has 3 N–H and O–H groups in total. The monoisotopic (exact) mass is 342 g/mol. The molecule has 2 aromatic rings. The summed E-state index contributed by atoms with van der Waals surface area (Å²) in [6.07, 6.45) is 1.02. The maximum Gasteiger partial charge on any atom is 0.262 e. The SMILES string of the molecule is CCC(C)c1ccccc1OCC(=O)Nc1ccc(OCCN)cc1. The summed E-state index contributed by atoms with van der Waals surface area (Å²) in [7, 11) is 0. The van der Waals surface area contributed by atoms with Gasteiger partial charge in [0.2, 0.25) is 0 Å². The molecule has 0 saturated heterocycles. The number of hydrogen-bond acceptors (Lipinski definition) is 4. The van der Waals surface area contributed by atoms with E-state index in [4.69, 9.17) is 15.2 Å². The van der Waals surface area contributed by atoms with Gasteiger partial charge < -0.3 is 20.5 Å². The molecule has 5 nitrogen and oxygen atoms in total. The quantitative estimate of drug-likeness (QED) is 0.731. The fraction of sp³-hybridized carbons (Fsp3) is 0.350. The Morgan fingerprint density at radius 3 is 2.52 bits per heavy atom. The first kappa shape index (κ1) is 18.8. The minimum atomic E-state index is -0.199. The molecule has 0 spiro atoms. The van der Waals surface area contributed by atoms with Crippen molar-refractivity contribution in [3.8, 4) is 11.5 Å². The zero-order chi connectivity index (χ0) is 18.1. The normalized spacial score (nSPS) is 11.6. The van der Waals surface area contributed by atoms with Crippen LogP contribution in [0.4, 0.5) is 5.69 Å². The predicted octanol–water partition coefficient (Wildman–Crippen LogP) is 3.56. The molecule has 0 bridgehead atoms. The van der Waals surface area contributed by atoms with E-state index in [1.165, 1.54) is 0 Å². The first-order valence-corrected chi connectivity index (χ1v) is 8.58. The van der Waals surface area contributed by atoms with E-state index in [0.29, 0.717) is 24.8 Å². The van der Waals surface area contributed by atoms with Crippen LogP contribution in [0.3, 0.4) is 0 Å². The van der Waals surface area contributed by atoms with Gasteiger partial charge in [0.1, 0.15) is 18.1 Å². The number of hydrogen-bond donors (Lipinski definition) is 2. The Kier molecular flexibility index (Phi) is 7.29. The molecule has 0 radical (unpaired) electrons. The van der Waals surface area contributed by atoms with Crippen LogP contribution in [0.1, 0.15) is 31.7 Å². The van der Waals surface area contributed by atoms with E-state index in [1.54, 1.807) is 24.3 Å². The molecule has 0 heterocycles. The second-order valence-electron chi connectivity index (χ2n) is 5.85. The molecular weight excluding hydrogens is 316 g/mol. The third-order valence-corrected chi connectivity index (χ3v) is 3.95. The molecular formula is C20H26N2O3. The van der Waals surface area contributed by atoms with E-state index in [0.717, 1.165) is 23.5 Å². The molecule has 5 heteroatoms. The molecule has 0 aliphatic heterocycles. The van der Waals surface area contributed by atoms with Gasteiger partial charge in [-0.2, -0.15) is 0 Å². The number of anilines is 1. The largest absolute Gasteiger partial charge is 0.492 e. The van der Waals surface area contributed by atoms with Crippen LogP contribution in [-0.4, -0.2) is 25.7 Å². The van der Waals surface area contributed by atoms with E-state index >= 15 is 0 Å². The number of benzene rings is 2. The zero-order valence-corrected chi connectivity index (χ0v) is 14.8. The first-order valence-electron chi connectivity index (χ1n) is 8.58. The average Bonchev–Trinajstić information content (AvgIpc) is 2.65. The molecule has 1 unspecified atom stereocenters. The van der Waals surface area contributed by atoms with Crippen molar-refractivity contribution < 1.29 is 14.3 Å². The zero-order valence-electron chi connectivity index (χ0n) is 14.8. The summed E-state index contributed by atoms with van der Waals surface area (Å²) in [4.78, 5) is 12.1. The Morgan fingerprint density at radius 1 is 1.12 bits per heavy atom. The van der Waals surface area contributed by atoms with Gasteiger partial charge in [0.25, 0.3) is 5.91 Å². The van der Waals surface area contributed by atoms with Gasteiger partial charge in [-0.25, -0.2) is 0 Å². The highest BCUT2D eigenvalue weighted by Gasteiger charge is 2.11. The Bertz CT molecular complexity index is 671. The third kappa shape index (κ3) is 5.80. The predicted molar refractivity (Wildman–Crippen MR) is 100 cm³/mol. The van der Waals surface area contributed by atoms with Crippen molar-refractivity contribution in [1.82, 2.24) is 0 Å². The van der Waals surface area contributed by atoms with Crippen molar-refractivity contribution in [2.75, 3.05) is 25.1 Å². The van der Waals surface area contributed by atoms with E-state index in [-0.39, 0.29) is 12.5 Å². The van der Waals surface area contributed by atoms with Gasteiger partial charge in [-0.05, 0) is 48.2 Å². The highest BCUT2D eigenvalue weighted by molar-refractivity contribution is 5.91. The standard InChI is InChI=1S/C20H26N2O3/c1-3-15(2)18-6-4-5-7-19(18)25-14-20(23)22-16-8-10-17(11-9-16)24-13-12-21/h4-11,15H,3,12-14,21H2,1-2H3,(H,22,23). The van der Waals surface area contributed by atoms with Crippen molar-refractivity contribution in [2.45, 2.75) is 26.2 Å². The lowest BCUT2D eigenvalue weighted by Gasteiger charge is -2.15. The van der Waals surface area contributed by atoms with Gasteiger partial charge in [0, 0.05) is 12.2 Å². The molecule has 1 atom stereocenters. The number of carbonyl (C=O) groups excluding carboxylic acids is 1.